The first-order chi connectivity index (χ1) is 23.6. The maximum Gasteiger partial charge on any atom is 0.335 e. The molecule has 0 aliphatic heterocycles. The van der Waals surface area contributed by atoms with Crippen molar-refractivity contribution in [3.05, 3.63) is 107 Å². The van der Waals surface area contributed by atoms with Crippen molar-refractivity contribution < 1.29 is 42.8 Å². The first-order valence-corrected chi connectivity index (χ1v) is 17.0. The fourth-order valence-electron chi connectivity index (χ4n) is 6.42. The second-order valence-corrected chi connectivity index (χ2v) is 12.9. The Bertz CT molecular complexity index is 1600. The molecule has 9 heteroatoms. The van der Waals surface area contributed by atoms with Crippen LogP contribution in [0, 0.1) is 29.3 Å². The zero-order chi connectivity index (χ0) is 35.5. The van der Waals surface area contributed by atoms with E-state index < -0.39 is 37.1 Å². The molecule has 49 heavy (non-hydrogen) atoms. The number of aryl methyl sites for hydroxylation is 1. The van der Waals surface area contributed by atoms with Gasteiger partial charge in [-0.2, -0.15) is 0 Å². The summed E-state index contributed by atoms with van der Waals surface area (Å²) in [5.74, 6) is -2.23. The number of hydrogen-bond donors (Lipinski definition) is 3. The second kappa shape index (κ2) is 18.3. The fraction of sp³-hybridized carbons (Fsp3) is 0.425. The van der Waals surface area contributed by atoms with Gasteiger partial charge in [0.1, 0.15) is 17.5 Å². The third-order valence-electron chi connectivity index (χ3n) is 9.53. The molecule has 0 amide bonds. The van der Waals surface area contributed by atoms with Crippen molar-refractivity contribution in [1.82, 2.24) is 0 Å². The van der Waals surface area contributed by atoms with Gasteiger partial charge in [-0.15, -0.1) is 0 Å². The smallest absolute Gasteiger partial charge is 0.335 e. The Labute approximate surface area is 286 Å². The number of hydrogen-bond acceptors (Lipinski definition) is 6. The summed E-state index contributed by atoms with van der Waals surface area (Å²) in [6.45, 7) is 8.23. The van der Waals surface area contributed by atoms with Crippen LogP contribution in [0.3, 0.4) is 0 Å². The quantitative estimate of drug-likeness (QED) is 0.0439. The molecule has 0 bridgehead atoms. The van der Waals surface area contributed by atoms with Gasteiger partial charge in [0.2, 0.25) is 0 Å². The van der Waals surface area contributed by atoms with Gasteiger partial charge >= 0.3 is 5.97 Å². The normalized spacial score (nSPS) is 17.4. The molecule has 264 valence electrons. The van der Waals surface area contributed by atoms with Gasteiger partial charge in [0.05, 0.1) is 32.0 Å². The van der Waals surface area contributed by atoms with Crippen molar-refractivity contribution in [2.45, 2.75) is 70.5 Å². The molecule has 2 unspecified atom stereocenters. The predicted octanol–water partition coefficient (Wildman–Crippen LogP) is 8.04. The monoisotopic (exact) mass is 680 g/mol. The van der Waals surface area contributed by atoms with Gasteiger partial charge in [0.25, 0.3) is 0 Å². The highest BCUT2D eigenvalue weighted by Crippen LogP contribution is 2.40. The summed E-state index contributed by atoms with van der Waals surface area (Å²) in [4.78, 5) is 12.1. The van der Waals surface area contributed by atoms with Crippen LogP contribution in [-0.4, -0.2) is 54.0 Å². The minimum Gasteiger partial charge on any atom is -0.462 e. The number of carbonyl (C=O) groups excluding carboxylic acids is 1. The SMILES string of the molecule is C=C(CO)C(=O)OCC(COC(O)C(=C)CO)C1CCC(c2ccc(-c3ccc(-c4ccc(CCCCC)c(F)c4)c(F)c3)c(F)c2)CC1. The van der Waals surface area contributed by atoms with Crippen molar-refractivity contribution >= 4 is 5.97 Å². The Morgan fingerprint density at radius 2 is 1.47 bits per heavy atom. The van der Waals surface area contributed by atoms with Crippen LogP contribution in [0.2, 0.25) is 0 Å². The average molecular weight is 681 g/mol. The van der Waals surface area contributed by atoms with Crippen LogP contribution in [0.5, 0.6) is 0 Å². The van der Waals surface area contributed by atoms with Gasteiger partial charge in [0.15, 0.2) is 6.29 Å². The molecule has 6 nitrogen and oxygen atoms in total. The average Bonchev–Trinajstić information content (AvgIpc) is 3.11. The zero-order valence-corrected chi connectivity index (χ0v) is 28.1. The number of ether oxygens (including phenoxy) is 2. The van der Waals surface area contributed by atoms with Crippen LogP contribution in [0.1, 0.15) is 68.9 Å². The number of halogens is 3. The molecular formula is C40H47F3O6. The topological polar surface area (TPSA) is 96.2 Å². The molecule has 3 aromatic carbocycles. The van der Waals surface area contributed by atoms with E-state index in [0.717, 1.165) is 50.5 Å². The lowest BCUT2D eigenvalue weighted by Crippen LogP contribution is -2.32. The number of rotatable bonds is 17. The minimum atomic E-state index is -1.37. The molecule has 2 atom stereocenters. The molecule has 4 rings (SSSR count). The van der Waals surface area contributed by atoms with Gasteiger partial charge in [-0.3, -0.25) is 0 Å². The first kappa shape index (κ1) is 38.0. The van der Waals surface area contributed by atoms with Gasteiger partial charge in [-0.05, 0) is 90.8 Å². The van der Waals surface area contributed by atoms with Crippen molar-refractivity contribution in [3.63, 3.8) is 0 Å². The molecule has 3 N–H and O–H groups in total. The molecule has 3 aromatic rings. The van der Waals surface area contributed by atoms with E-state index in [2.05, 4.69) is 20.1 Å². The van der Waals surface area contributed by atoms with Crippen LogP contribution in [0.4, 0.5) is 13.2 Å². The maximum atomic E-state index is 15.5. The lowest BCUT2D eigenvalue weighted by molar-refractivity contribution is -0.145. The highest BCUT2D eigenvalue weighted by Gasteiger charge is 2.31. The Morgan fingerprint density at radius 3 is 2.06 bits per heavy atom. The summed E-state index contributed by atoms with van der Waals surface area (Å²) >= 11 is 0. The number of esters is 1. The van der Waals surface area contributed by atoms with Gasteiger partial charge in [-0.25, -0.2) is 18.0 Å². The van der Waals surface area contributed by atoms with Crippen molar-refractivity contribution in [3.8, 4) is 22.3 Å². The van der Waals surface area contributed by atoms with Crippen LogP contribution < -0.4 is 0 Å². The van der Waals surface area contributed by atoms with Gasteiger partial charge in [0, 0.05) is 22.6 Å². The molecule has 0 heterocycles. The molecular weight excluding hydrogens is 633 g/mol. The first-order valence-electron chi connectivity index (χ1n) is 17.0. The number of aliphatic hydroxyl groups excluding tert-OH is 3. The number of aliphatic hydroxyl groups is 3. The van der Waals surface area contributed by atoms with Crippen LogP contribution in [0.15, 0.2) is 78.9 Å². The van der Waals surface area contributed by atoms with E-state index in [-0.39, 0.29) is 59.1 Å². The molecule has 0 aromatic heterocycles. The Morgan fingerprint density at radius 1 is 0.837 bits per heavy atom. The van der Waals surface area contributed by atoms with E-state index in [1.807, 2.05) is 6.07 Å². The third-order valence-corrected chi connectivity index (χ3v) is 9.53. The number of carbonyl (C=O) groups is 1. The molecule has 0 saturated heterocycles. The number of unbranched alkanes of at least 4 members (excludes halogenated alkanes) is 2. The summed E-state index contributed by atoms with van der Waals surface area (Å²) < 4.78 is 56.4. The van der Waals surface area contributed by atoms with E-state index >= 15 is 8.78 Å². The summed E-state index contributed by atoms with van der Waals surface area (Å²) in [5, 5.41) is 28.5. The van der Waals surface area contributed by atoms with E-state index in [9.17, 15) is 24.5 Å². The lowest BCUT2D eigenvalue weighted by Gasteiger charge is -2.34. The second-order valence-electron chi connectivity index (χ2n) is 12.9. The molecule has 1 aliphatic rings. The summed E-state index contributed by atoms with van der Waals surface area (Å²) in [7, 11) is 0. The van der Waals surface area contributed by atoms with Crippen molar-refractivity contribution in [2.75, 3.05) is 26.4 Å². The van der Waals surface area contributed by atoms with Crippen LogP contribution in [0.25, 0.3) is 22.3 Å². The summed E-state index contributed by atoms with van der Waals surface area (Å²) in [6.07, 6.45) is 5.16. The summed E-state index contributed by atoms with van der Waals surface area (Å²) in [5.41, 5.74) is 2.83. The Kier molecular flexibility index (Phi) is 14.2. The highest BCUT2D eigenvalue weighted by atomic mass is 19.1. The molecule has 1 aliphatic carbocycles. The van der Waals surface area contributed by atoms with Crippen molar-refractivity contribution in [1.29, 1.82) is 0 Å². The third kappa shape index (κ3) is 10.1. The maximum absolute atomic E-state index is 15.5. The molecule has 1 fully saturated rings. The standard InChI is InChI=1S/C40H47F3O6/c1-4-5-6-7-29-12-13-31(19-36(29)41)35-17-15-32(20-38(35)43)34-16-14-30(18-37(34)42)27-8-10-28(11-9-27)33(23-48-39(46)25(2)21-44)24-49-40(47)26(3)22-45/h12-20,27-28,33,39,44-46H,2-11,21-24H2,1H3. The Hall–Kier alpha value is -3.76. The molecule has 0 radical (unpaired) electrons. The fourth-order valence-corrected chi connectivity index (χ4v) is 6.42. The van der Waals surface area contributed by atoms with Crippen LogP contribution in [-0.2, 0) is 20.7 Å². The van der Waals surface area contributed by atoms with E-state index in [1.165, 1.54) is 18.2 Å². The molecule has 0 spiro atoms. The van der Waals surface area contributed by atoms with Gasteiger partial charge in [-0.1, -0.05) is 69.3 Å². The van der Waals surface area contributed by atoms with E-state index in [1.54, 1.807) is 30.3 Å². The highest BCUT2D eigenvalue weighted by molar-refractivity contribution is 5.87. The minimum absolute atomic E-state index is 0.0104. The largest absolute Gasteiger partial charge is 0.462 e. The molecule has 1 saturated carbocycles. The van der Waals surface area contributed by atoms with Gasteiger partial charge < -0.3 is 24.8 Å². The predicted molar refractivity (Wildman–Crippen MR) is 184 cm³/mol. The Balaban J connectivity index is 1.41. The number of benzene rings is 3. The van der Waals surface area contributed by atoms with E-state index in [4.69, 9.17) is 9.47 Å². The lowest BCUT2D eigenvalue weighted by atomic mass is 9.74. The zero-order valence-electron chi connectivity index (χ0n) is 28.1. The van der Waals surface area contributed by atoms with E-state index in [0.29, 0.717) is 23.1 Å². The summed E-state index contributed by atoms with van der Waals surface area (Å²) in [6, 6.07) is 14.3. The van der Waals surface area contributed by atoms with Crippen molar-refractivity contribution in [2.24, 2.45) is 11.8 Å². The van der Waals surface area contributed by atoms with Crippen LogP contribution >= 0.6 is 0 Å².